The molecule has 4 nitrogen and oxygen atoms in total. The van der Waals surface area contributed by atoms with Crippen molar-refractivity contribution in [3.05, 3.63) is 53.0 Å². The standard InChI is InChI=1S/C16H18BrN3O/c17-14-6-4-13(5-7-14)16(12-2-1-3-12)19-15(21)10-20-9-8-18-11-20/h4-9,11-12,16H,1-3,10H2,(H,19,21)/t16-/m0/s1. The molecule has 1 fully saturated rings. The molecule has 1 amide bonds. The molecule has 1 atom stereocenters. The predicted octanol–water partition coefficient (Wildman–Crippen LogP) is 3.30. The van der Waals surface area contributed by atoms with Crippen LogP contribution < -0.4 is 5.32 Å². The average Bonchev–Trinajstić information content (AvgIpc) is 2.89. The SMILES string of the molecule is O=C(Cn1ccnc1)N[C@H](c1ccc(Br)cc1)C1CCC1. The number of hydrogen-bond acceptors (Lipinski definition) is 2. The third-order valence-corrected chi connectivity index (χ3v) is 4.58. The van der Waals surface area contributed by atoms with Crippen LogP contribution in [0.1, 0.15) is 30.9 Å². The van der Waals surface area contributed by atoms with Crippen LogP contribution in [-0.4, -0.2) is 15.5 Å². The van der Waals surface area contributed by atoms with Gasteiger partial charge in [0.25, 0.3) is 0 Å². The van der Waals surface area contributed by atoms with Crippen LogP contribution in [0.15, 0.2) is 47.5 Å². The topological polar surface area (TPSA) is 46.9 Å². The fourth-order valence-electron chi connectivity index (χ4n) is 2.68. The molecule has 1 saturated carbocycles. The highest BCUT2D eigenvalue weighted by Crippen LogP contribution is 2.37. The molecular weight excluding hydrogens is 330 g/mol. The molecule has 0 radical (unpaired) electrons. The number of hydrogen-bond donors (Lipinski definition) is 1. The van der Waals surface area contributed by atoms with Crippen molar-refractivity contribution in [1.29, 1.82) is 0 Å². The Labute approximate surface area is 132 Å². The second kappa shape index (κ2) is 6.43. The molecule has 0 bridgehead atoms. The van der Waals surface area contributed by atoms with E-state index in [4.69, 9.17) is 0 Å². The highest BCUT2D eigenvalue weighted by Gasteiger charge is 2.29. The van der Waals surface area contributed by atoms with Gasteiger partial charge < -0.3 is 9.88 Å². The van der Waals surface area contributed by atoms with Gasteiger partial charge in [-0.05, 0) is 36.5 Å². The molecule has 1 N–H and O–H groups in total. The summed E-state index contributed by atoms with van der Waals surface area (Å²) < 4.78 is 2.85. The van der Waals surface area contributed by atoms with Crippen molar-refractivity contribution in [2.24, 2.45) is 5.92 Å². The van der Waals surface area contributed by atoms with Gasteiger partial charge in [-0.2, -0.15) is 0 Å². The average molecular weight is 348 g/mol. The van der Waals surface area contributed by atoms with Crippen LogP contribution in [0.5, 0.6) is 0 Å². The molecule has 2 aromatic rings. The monoisotopic (exact) mass is 347 g/mol. The number of imidazole rings is 1. The van der Waals surface area contributed by atoms with Gasteiger partial charge in [-0.15, -0.1) is 0 Å². The van der Waals surface area contributed by atoms with E-state index in [1.807, 2.05) is 12.1 Å². The Bertz CT molecular complexity index is 590. The van der Waals surface area contributed by atoms with Gasteiger partial charge in [0.05, 0.1) is 12.4 Å². The van der Waals surface area contributed by atoms with Crippen LogP contribution >= 0.6 is 15.9 Å². The fraction of sp³-hybridized carbons (Fsp3) is 0.375. The van der Waals surface area contributed by atoms with Crippen LogP contribution in [0.4, 0.5) is 0 Å². The number of amides is 1. The van der Waals surface area contributed by atoms with Gasteiger partial charge in [0.2, 0.25) is 5.91 Å². The van der Waals surface area contributed by atoms with Gasteiger partial charge in [0.1, 0.15) is 6.54 Å². The Morgan fingerprint density at radius 1 is 1.38 bits per heavy atom. The summed E-state index contributed by atoms with van der Waals surface area (Å²) >= 11 is 3.46. The minimum absolute atomic E-state index is 0.0350. The summed E-state index contributed by atoms with van der Waals surface area (Å²) in [6.07, 6.45) is 8.79. The Balaban J connectivity index is 1.70. The van der Waals surface area contributed by atoms with Gasteiger partial charge in [-0.25, -0.2) is 4.98 Å². The van der Waals surface area contributed by atoms with Crippen molar-refractivity contribution in [3.8, 4) is 0 Å². The number of carbonyl (C=O) groups excluding carboxylic acids is 1. The molecule has 1 aromatic heterocycles. The van der Waals surface area contributed by atoms with Crippen molar-refractivity contribution in [3.63, 3.8) is 0 Å². The normalized spacial score (nSPS) is 16.2. The van der Waals surface area contributed by atoms with Crippen molar-refractivity contribution in [1.82, 2.24) is 14.9 Å². The lowest BCUT2D eigenvalue weighted by molar-refractivity contribution is -0.123. The van der Waals surface area contributed by atoms with Crippen molar-refractivity contribution >= 4 is 21.8 Å². The third-order valence-electron chi connectivity index (χ3n) is 4.05. The first-order valence-corrected chi connectivity index (χ1v) is 8.02. The van der Waals surface area contributed by atoms with Crippen LogP contribution in [-0.2, 0) is 11.3 Å². The van der Waals surface area contributed by atoms with Crippen LogP contribution in [0.3, 0.4) is 0 Å². The summed E-state index contributed by atoms with van der Waals surface area (Å²) in [4.78, 5) is 16.2. The fourth-order valence-corrected chi connectivity index (χ4v) is 2.95. The zero-order chi connectivity index (χ0) is 14.7. The van der Waals surface area contributed by atoms with E-state index in [-0.39, 0.29) is 11.9 Å². The lowest BCUT2D eigenvalue weighted by atomic mass is 9.77. The minimum Gasteiger partial charge on any atom is -0.347 e. The smallest absolute Gasteiger partial charge is 0.240 e. The van der Waals surface area contributed by atoms with E-state index < -0.39 is 0 Å². The second-order valence-corrected chi connectivity index (χ2v) is 6.44. The molecule has 110 valence electrons. The molecule has 3 rings (SSSR count). The second-order valence-electron chi connectivity index (χ2n) is 5.52. The summed E-state index contributed by atoms with van der Waals surface area (Å²) in [6, 6.07) is 8.35. The largest absolute Gasteiger partial charge is 0.347 e. The molecule has 0 spiro atoms. The third kappa shape index (κ3) is 3.53. The van der Waals surface area contributed by atoms with E-state index in [1.54, 1.807) is 23.3 Å². The number of rotatable bonds is 5. The van der Waals surface area contributed by atoms with Gasteiger partial charge in [0, 0.05) is 16.9 Å². The lowest BCUT2D eigenvalue weighted by Gasteiger charge is -2.34. The molecule has 1 aliphatic rings. The Kier molecular flexibility index (Phi) is 4.39. The summed E-state index contributed by atoms with van der Waals surface area (Å²) in [6.45, 7) is 0.319. The predicted molar refractivity (Wildman–Crippen MR) is 84.6 cm³/mol. The molecule has 0 aliphatic heterocycles. The number of carbonyl (C=O) groups is 1. The van der Waals surface area contributed by atoms with E-state index >= 15 is 0 Å². The van der Waals surface area contributed by atoms with Crippen molar-refractivity contribution < 1.29 is 4.79 Å². The van der Waals surface area contributed by atoms with Gasteiger partial charge in [-0.3, -0.25) is 4.79 Å². The van der Waals surface area contributed by atoms with E-state index in [1.165, 1.54) is 24.8 Å². The maximum atomic E-state index is 12.2. The van der Waals surface area contributed by atoms with E-state index in [0.29, 0.717) is 12.5 Å². The molecule has 1 heterocycles. The highest BCUT2D eigenvalue weighted by molar-refractivity contribution is 9.10. The van der Waals surface area contributed by atoms with E-state index in [2.05, 4.69) is 38.4 Å². The number of nitrogens with one attached hydrogen (secondary N) is 1. The van der Waals surface area contributed by atoms with E-state index in [9.17, 15) is 4.79 Å². The Morgan fingerprint density at radius 2 is 2.14 bits per heavy atom. The number of halogens is 1. The summed E-state index contributed by atoms with van der Waals surface area (Å²) in [7, 11) is 0. The molecule has 1 aromatic carbocycles. The molecule has 5 heteroatoms. The molecule has 0 saturated heterocycles. The highest BCUT2D eigenvalue weighted by atomic mass is 79.9. The number of aromatic nitrogens is 2. The quantitative estimate of drug-likeness (QED) is 0.901. The van der Waals surface area contributed by atoms with E-state index in [0.717, 1.165) is 4.47 Å². The maximum absolute atomic E-state index is 12.2. The van der Waals surface area contributed by atoms with Crippen LogP contribution in [0.25, 0.3) is 0 Å². The van der Waals surface area contributed by atoms with Gasteiger partial charge >= 0.3 is 0 Å². The molecular formula is C16H18BrN3O. The summed E-state index contributed by atoms with van der Waals surface area (Å²) in [5, 5.41) is 3.19. The summed E-state index contributed by atoms with van der Waals surface area (Å²) in [5.41, 5.74) is 1.18. The minimum atomic E-state index is 0.0350. The van der Waals surface area contributed by atoms with Gasteiger partial charge in [-0.1, -0.05) is 34.5 Å². The first kappa shape index (κ1) is 14.3. The van der Waals surface area contributed by atoms with Crippen LogP contribution in [0, 0.1) is 5.92 Å². The van der Waals surface area contributed by atoms with Crippen molar-refractivity contribution in [2.45, 2.75) is 31.8 Å². The first-order chi connectivity index (χ1) is 10.2. The Hall–Kier alpha value is -1.62. The van der Waals surface area contributed by atoms with Crippen molar-refractivity contribution in [2.75, 3.05) is 0 Å². The maximum Gasteiger partial charge on any atom is 0.240 e. The molecule has 21 heavy (non-hydrogen) atoms. The zero-order valence-electron chi connectivity index (χ0n) is 11.7. The first-order valence-electron chi connectivity index (χ1n) is 7.23. The van der Waals surface area contributed by atoms with Gasteiger partial charge in [0.15, 0.2) is 0 Å². The summed E-state index contributed by atoms with van der Waals surface area (Å²) in [5.74, 6) is 0.589. The Morgan fingerprint density at radius 3 is 2.71 bits per heavy atom. The molecule has 0 unspecified atom stereocenters. The number of benzene rings is 1. The van der Waals surface area contributed by atoms with Crippen LogP contribution in [0.2, 0.25) is 0 Å². The zero-order valence-corrected chi connectivity index (χ0v) is 13.3. The lowest BCUT2D eigenvalue weighted by Crippen LogP contribution is -2.37. The number of nitrogens with zero attached hydrogens (tertiary/aromatic N) is 2. The molecule has 1 aliphatic carbocycles.